The SMILES string of the molecule is CC(C)NCC(C)S(=O)(=O)NCC(F)(F)F. The molecule has 2 N–H and O–H groups in total. The second-order valence-corrected chi connectivity index (χ2v) is 6.04. The van der Waals surface area contributed by atoms with Gasteiger partial charge in [0.15, 0.2) is 0 Å². The fourth-order valence-electron chi connectivity index (χ4n) is 0.836. The molecule has 0 fully saturated rings. The molecule has 0 radical (unpaired) electrons. The van der Waals surface area contributed by atoms with Crippen molar-refractivity contribution in [3.05, 3.63) is 0 Å². The van der Waals surface area contributed by atoms with Crippen LogP contribution in [0.3, 0.4) is 0 Å². The molecule has 8 heteroatoms. The number of nitrogens with one attached hydrogen (secondary N) is 2. The van der Waals surface area contributed by atoms with Crippen LogP contribution in [-0.2, 0) is 10.0 Å². The van der Waals surface area contributed by atoms with Crippen LogP contribution < -0.4 is 10.0 Å². The number of halogens is 3. The summed E-state index contributed by atoms with van der Waals surface area (Å²) in [6.07, 6.45) is -4.53. The van der Waals surface area contributed by atoms with E-state index in [0.29, 0.717) is 0 Å². The maximum absolute atomic E-state index is 11.8. The van der Waals surface area contributed by atoms with E-state index in [1.165, 1.54) is 11.6 Å². The van der Waals surface area contributed by atoms with Crippen LogP contribution in [0.1, 0.15) is 20.8 Å². The highest BCUT2D eigenvalue weighted by atomic mass is 32.2. The zero-order chi connectivity index (χ0) is 13.0. The van der Waals surface area contributed by atoms with E-state index in [-0.39, 0.29) is 12.6 Å². The predicted octanol–water partition coefficient (Wildman–Crippen LogP) is 0.855. The van der Waals surface area contributed by atoms with Gasteiger partial charge >= 0.3 is 6.18 Å². The van der Waals surface area contributed by atoms with Gasteiger partial charge in [-0.2, -0.15) is 13.2 Å². The van der Waals surface area contributed by atoms with Crippen LogP contribution in [0, 0.1) is 0 Å². The Morgan fingerprint density at radius 1 is 1.19 bits per heavy atom. The maximum Gasteiger partial charge on any atom is 0.402 e. The Balaban J connectivity index is 4.22. The first-order valence-corrected chi connectivity index (χ1v) is 6.38. The third-order valence-corrected chi connectivity index (χ3v) is 3.59. The van der Waals surface area contributed by atoms with E-state index in [0.717, 1.165) is 0 Å². The highest BCUT2D eigenvalue weighted by Gasteiger charge is 2.31. The summed E-state index contributed by atoms with van der Waals surface area (Å²) in [4.78, 5) is 0. The number of sulfonamides is 1. The van der Waals surface area contributed by atoms with Crippen molar-refractivity contribution < 1.29 is 21.6 Å². The van der Waals surface area contributed by atoms with Crippen molar-refractivity contribution in [1.82, 2.24) is 10.0 Å². The Hall–Kier alpha value is -0.340. The van der Waals surface area contributed by atoms with Crippen LogP contribution in [-0.4, -0.2) is 39.0 Å². The molecule has 4 nitrogen and oxygen atoms in total. The first-order chi connectivity index (χ1) is 7.04. The second kappa shape index (κ2) is 5.83. The largest absolute Gasteiger partial charge is 0.402 e. The quantitative estimate of drug-likeness (QED) is 0.746. The summed E-state index contributed by atoms with van der Waals surface area (Å²) in [6, 6.07) is 0.0836. The average molecular weight is 262 g/mol. The Labute approximate surface area is 93.7 Å². The lowest BCUT2D eigenvalue weighted by molar-refractivity contribution is -0.121. The van der Waals surface area contributed by atoms with Gasteiger partial charge in [-0.15, -0.1) is 0 Å². The normalized spacial score (nSPS) is 15.4. The molecule has 0 heterocycles. The third-order valence-electron chi connectivity index (χ3n) is 1.82. The Morgan fingerprint density at radius 3 is 2.06 bits per heavy atom. The van der Waals surface area contributed by atoms with Gasteiger partial charge in [0.25, 0.3) is 0 Å². The molecule has 0 rings (SSSR count). The van der Waals surface area contributed by atoms with Gasteiger partial charge in [-0.3, -0.25) is 0 Å². The molecule has 0 bridgehead atoms. The molecule has 0 amide bonds. The summed E-state index contributed by atoms with van der Waals surface area (Å²) in [5.74, 6) is 0. The minimum absolute atomic E-state index is 0.0836. The predicted molar refractivity (Wildman–Crippen MR) is 55.6 cm³/mol. The molecule has 0 aromatic rings. The summed E-state index contributed by atoms with van der Waals surface area (Å²) in [7, 11) is -3.92. The molecule has 0 aliphatic carbocycles. The smallest absolute Gasteiger partial charge is 0.313 e. The first kappa shape index (κ1) is 15.7. The van der Waals surface area contributed by atoms with Gasteiger partial charge in [0, 0.05) is 12.6 Å². The minimum Gasteiger partial charge on any atom is -0.313 e. The monoisotopic (exact) mass is 262 g/mol. The zero-order valence-corrected chi connectivity index (χ0v) is 10.2. The molecule has 1 unspecified atom stereocenters. The molecule has 98 valence electrons. The van der Waals surface area contributed by atoms with Gasteiger partial charge in [-0.25, -0.2) is 13.1 Å². The van der Waals surface area contributed by atoms with Crippen LogP contribution in [0.5, 0.6) is 0 Å². The van der Waals surface area contributed by atoms with Crippen LogP contribution in [0.2, 0.25) is 0 Å². The van der Waals surface area contributed by atoms with E-state index in [1.807, 2.05) is 13.8 Å². The number of hydrogen-bond acceptors (Lipinski definition) is 3. The summed E-state index contributed by atoms with van der Waals surface area (Å²) >= 11 is 0. The molecule has 0 saturated heterocycles. The Kier molecular flexibility index (Phi) is 5.71. The fourth-order valence-corrected chi connectivity index (χ4v) is 1.80. The lowest BCUT2D eigenvalue weighted by Gasteiger charge is -2.17. The van der Waals surface area contributed by atoms with E-state index in [4.69, 9.17) is 0 Å². The van der Waals surface area contributed by atoms with Crippen molar-refractivity contribution in [2.45, 2.75) is 38.2 Å². The Morgan fingerprint density at radius 2 is 1.69 bits per heavy atom. The van der Waals surface area contributed by atoms with Crippen molar-refractivity contribution in [2.75, 3.05) is 13.1 Å². The molecule has 0 aromatic carbocycles. The van der Waals surface area contributed by atoms with Crippen molar-refractivity contribution in [3.63, 3.8) is 0 Å². The summed E-state index contributed by atoms with van der Waals surface area (Å²) in [5, 5.41) is 1.94. The van der Waals surface area contributed by atoms with Crippen LogP contribution in [0.25, 0.3) is 0 Å². The van der Waals surface area contributed by atoms with Crippen molar-refractivity contribution >= 4 is 10.0 Å². The van der Waals surface area contributed by atoms with Crippen molar-refractivity contribution in [2.24, 2.45) is 0 Å². The van der Waals surface area contributed by atoms with E-state index >= 15 is 0 Å². The molecule has 0 aromatic heterocycles. The third kappa shape index (κ3) is 7.02. The average Bonchev–Trinajstić information content (AvgIpc) is 2.10. The zero-order valence-electron chi connectivity index (χ0n) is 9.43. The van der Waals surface area contributed by atoms with Crippen molar-refractivity contribution in [3.8, 4) is 0 Å². The highest BCUT2D eigenvalue weighted by molar-refractivity contribution is 7.90. The van der Waals surface area contributed by atoms with Gasteiger partial charge in [0.2, 0.25) is 10.0 Å². The molecular weight excluding hydrogens is 245 g/mol. The van der Waals surface area contributed by atoms with Gasteiger partial charge in [-0.1, -0.05) is 13.8 Å². The standard InChI is InChI=1S/C8H17F3N2O2S/c1-6(2)12-4-7(3)16(14,15)13-5-8(9,10)11/h6-7,12-13H,4-5H2,1-3H3. The second-order valence-electron chi connectivity index (χ2n) is 3.85. The number of rotatable bonds is 6. The van der Waals surface area contributed by atoms with Gasteiger partial charge < -0.3 is 5.32 Å². The van der Waals surface area contributed by atoms with E-state index < -0.39 is 28.0 Å². The summed E-state index contributed by atoms with van der Waals surface area (Å²) < 4.78 is 59.7. The number of hydrogen-bond donors (Lipinski definition) is 2. The lowest BCUT2D eigenvalue weighted by Crippen LogP contribution is -2.43. The molecule has 0 spiro atoms. The molecular formula is C8H17F3N2O2S. The van der Waals surface area contributed by atoms with Crippen LogP contribution in [0.15, 0.2) is 0 Å². The van der Waals surface area contributed by atoms with Gasteiger partial charge in [0.1, 0.15) is 6.54 Å². The molecule has 0 saturated carbocycles. The van der Waals surface area contributed by atoms with Crippen molar-refractivity contribution in [1.29, 1.82) is 0 Å². The minimum atomic E-state index is -4.53. The highest BCUT2D eigenvalue weighted by Crippen LogP contribution is 2.13. The lowest BCUT2D eigenvalue weighted by atomic mass is 10.3. The molecule has 1 atom stereocenters. The van der Waals surface area contributed by atoms with Gasteiger partial charge in [-0.05, 0) is 6.92 Å². The van der Waals surface area contributed by atoms with E-state index in [9.17, 15) is 21.6 Å². The van der Waals surface area contributed by atoms with Crippen LogP contribution >= 0.6 is 0 Å². The number of alkyl halides is 3. The van der Waals surface area contributed by atoms with Crippen LogP contribution in [0.4, 0.5) is 13.2 Å². The molecule has 16 heavy (non-hydrogen) atoms. The summed E-state index contributed by atoms with van der Waals surface area (Å²) in [6.45, 7) is 3.59. The molecule has 0 aliphatic heterocycles. The summed E-state index contributed by atoms with van der Waals surface area (Å²) in [5.41, 5.74) is 0. The molecule has 0 aliphatic rings. The first-order valence-electron chi connectivity index (χ1n) is 4.83. The van der Waals surface area contributed by atoms with Gasteiger partial charge in [0.05, 0.1) is 5.25 Å². The fraction of sp³-hybridized carbons (Fsp3) is 1.00. The van der Waals surface area contributed by atoms with E-state index in [1.54, 1.807) is 0 Å². The topological polar surface area (TPSA) is 58.2 Å². The maximum atomic E-state index is 11.8. The Bertz CT molecular complexity index is 301. The van der Waals surface area contributed by atoms with E-state index in [2.05, 4.69) is 5.32 Å².